The molecule has 6 aromatic rings. The van der Waals surface area contributed by atoms with E-state index >= 15 is 9.59 Å². The van der Waals surface area contributed by atoms with Gasteiger partial charge in [-0.2, -0.15) is 0 Å². The Morgan fingerprint density at radius 1 is 0.310 bits per heavy atom. The Kier molecular flexibility index (Phi) is 56.4. The summed E-state index contributed by atoms with van der Waals surface area (Å²) in [5.41, 5.74) is 6.58. The topological polar surface area (TPSA) is 62.5 Å². The molecule has 7 rings (SSSR count). The van der Waals surface area contributed by atoms with E-state index in [4.69, 9.17) is 9.47 Å². The Morgan fingerprint density at radius 2 is 0.586 bits per heavy atom. The maximum absolute atomic E-state index is 16.2. The number of pyridine rings is 2. The molecule has 0 amide bonds. The molecular formula is C106H176N2O4S2Te2. The first kappa shape index (κ1) is 101. The fraction of sp³-hybridized carbons (Fsp3) is 0.774. The van der Waals surface area contributed by atoms with Crippen LogP contribution in [0.1, 0.15) is 507 Å². The third-order valence-corrected chi connectivity index (χ3v) is 35.1. The second-order valence-electron chi connectivity index (χ2n) is 36.5. The van der Waals surface area contributed by atoms with E-state index < -0.39 is 40.9 Å². The van der Waals surface area contributed by atoms with Crippen molar-refractivity contribution >= 4 is 74.6 Å². The Hall–Kier alpha value is -1.98. The van der Waals surface area contributed by atoms with E-state index in [1.54, 1.807) is 0 Å². The summed E-state index contributed by atoms with van der Waals surface area (Å²) in [6.45, 7) is 21.4. The molecule has 0 N–H and O–H groups in total. The second-order valence-corrected chi connectivity index (χ2v) is 45.7. The first-order valence-electron chi connectivity index (χ1n) is 50.6. The molecule has 10 heteroatoms. The normalized spacial score (nSPS) is 14.1. The minimum absolute atomic E-state index is 0.101. The molecule has 1 aliphatic rings. The number of unbranched alkanes of at least 4 members (excludes halogenated alkanes) is 52. The van der Waals surface area contributed by atoms with Gasteiger partial charge in [-0.3, -0.25) is 0 Å². The average molecular weight is 1860 g/mol. The summed E-state index contributed by atoms with van der Waals surface area (Å²) < 4.78 is 24.1. The predicted molar refractivity (Wildman–Crippen MR) is 516 cm³/mol. The summed E-state index contributed by atoms with van der Waals surface area (Å²) in [6, 6.07) is 18.7. The van der Waals surface area contributed by atoms with E-state index in [9.17, 15) is 0 Å². The summed E-state index contributed by atoms with van der Waals surface area (Å²) in [5, 5.41) is 0. The molecule has 0 spiro atoms. The molecule has 0 radical (unpaired) electrons. The number of nitrogens with zero attached hydrogens (tertiary/aromatic N) is 2. The molecule has 0 saturated carbocycles. The van der Waals surface area contributed by atoms with E-state index in [0.717, 1.165) is 85.7 Å². The van der Waals surface area contributed by atoms with Crippen LogP contribution in [-0.4, -0.2) is 63.2 Å². The molecule has 4 unspecified atom stereocenters. The zero-order chi connectivity index (χ0) is 82.1. The van der Waals surface area contributed by atoms with Crippen LogP contribution in [-0.2, 0) is 22.6 Å². The quantitative estimate of drug-likeness (QED) is 0.0282. The first-order chi connectivity index (χ1) is 57.1. The average Bonchev–Trinajstić information content (AvgIpc) is 1.42. The maximum atomic E-state index is 16.2. The van der Waals surface area contributed by atoms with Crippen molar-refractivity contribution < 1.29 is 9.47 Å². The Bertz CT molecular complexity index is 3460. The molecule has 116 heavy (non-hydrogen) atoms. The zero-order valence-electron chi connectivity index (χ0n) is 76.6. The Morgan fingerprint density at radius 3 is 0.914 bits per heavy atom. The van der Waals surface area contributed by atoms with Crippen LogP contribution in [0.4, 0.5) is 0 Å². The molecule has 4 atom stereocenters. The van der Waals surface area contributed by atoms with Crippen molar-refractivity contribution in [3.8, 4) is 26.7 Å². The Labute approximate surface area is 741 Å². The van der Waals surface area contributed by atoms with Crippen molar-refractivity contribution in [2.75, 3.05) is 13.2 Å². The molecular weight excluding hydrogens is 1680 g/mol. The van der Waals surface area contributed by atoms with Crippen molar-refractivity contribution in [3.05, 3.63) is 98.6 Å². The van der Waals surface area contributed by atoms with Gasteiger partial charge in [-0.1, -0.05) is 286 Å². The zero-order valence-corrected chi connectivity index (χ0v) is 82.9. The molecule has 0 saturated heterocycles. The standard InChI is InChI=1S/C106H176N2O4S2Te2/c1-9-15-21-27-33-39-43-49-55-61-71-89(69-59-53-47-37-31-25-19-13-5)73-63-65-79-107-96-85-92(106(110)108(95(96)84-91(105(107)109)98-76-75-88(8)115-98)80-66-64-74-90(70-60-54-48-38-32-26-20-14-6)72-62-56-50-44-40-34-28-22-16-10-2)99-77-78-100(116-99)97-86-94-102(112-82-68-58-52-46-42-36-30-24-18-12-4)103-93(83-87(7)113-103)101(104(94)114-97)111-81-67-57-51-45-41-35-29-23-17-11-3/h75-78,83-86,89-90,101-102H,9-74,79-82H2,1-8H3. The van der Waals surface area contributed by atoms with Crippen molar-refractivity contribution in [2.45, 2.75) is 504 Å². The van der Waals surface area contributed by atoms with Crippen LogP contribution in [0.5, 0.6) is 0 Å². The van der Waals surface area contributed by atoms with Gasteiger partial charge >= 0.3 is 462 Å². The molecule has 6 nitrogen and oxygen atoms in total. The Balaban J connectivity index is 1.20. The van der Waals surface area contributed by atoms with Crippen LogP contribution in [0.3, 0.4) is 0 Å². The number of thiophene rings is 2. The van der Waals surface area contributed by atoms with Gasteiger partial charge in [0.25, 0.3) is 0 Å². The van der Waals surface area contributed by atoms with Crippen LogP contribution in [0.2, 0.25) is 0 Å². The summed E-state index contributed by atoms with van der Waals surface area (Å²) in [6.07, 6.45) is 87.9. The van der Waals surface area contributed by atoms with Gasteiger partial charge in [0, 0.05) is 0 Å². The van der Waals surface area contributed by atoms with Gasteiger partial charge in [0.2, 0.25) is 0 Å². The SMILES string of the molecule is CCCCCCCCCCCCOC1c2cc(-c3ccc(-c4cc5c(cc(-c6ccc(C)[te]6)c(=O)n5CCCCC(CCCCCCCCCC)CCCCCCCCCCCC)n(CCCCC(CCCCCCCCCC)CCCCCCCCCCCC)c4=O)[te]3)sc2C(OCCCCCCCCCCCC)c2cc(C)sc21. The van der Waals surface area contributed by atoms with Crippen LogP contribution in [0.25, 0.3) is 37.8 Å². The number of rotatable bonds is 77. The number of aryl methyl sites for hydroxylation is 4. The van der Waals surface area contributed by atoms with Gasteiger partial charge < -0.3 is 0 Å². The van der Waals surface area contributed by atoms with Gasteiger partial charge in [0.15, 0.2) is 0 Å². The molecule has 1 aliphatic carbocycles. The van der Waals surface area contributed by atoms with Crippen molar-refractivity contribution in [2.24, 2.45) is 11.8 Å². The number of hydrogen-bond acceptors (Lipinski definition) is 6. The minimum atomic E-state index is -1.02. The van der Waals surface area contributed by atoms with Crippen molar-refractivity contribution in [1.82, 2.24) is 9.13 Å². The molecule has 0 fully saturated rings. The fourth-order valence-corrected chi connectivity index (χ4v) is 26.9. The molecule has 0 aromatic carbocycles. The first-order valence-corrected chi connectivity index (χ1v) is 56.9. The summed E-state index contributed by atoms with van der Waals surface area (Å²) in [7, 11) is 0. The monoisotopic (exact) mass is 1870 g/mol. The van der Waals surface area contributed by atoms with Gasteiger partial charge in [-0.05, 0) is 0 Å². The van der Waals surface area contributed by atoms with E-state index in [0.29, 0.717) is 13.1 Å². The van der Waals surface area contributed by atoms with Crippen LogP contribution >= 0.6 is 22.7 Å². The van der Waals surface area contributed by atoms with Gasteiger partial charge in [0.05, 0.1) is 0 Å². The molecule has 6 heterocycles. The number of aromatic nitrogens is 2. The van der Waals surface area contributed by atoms with Crippen LogP contribution < -0.4 is 11.1 Å². The number of ether oxygens (including phenoxy) is 2. The summed E-state index contributed by atoms with van der Waals surface area (Å²) in [4.78, 5) is 37.3. The van der Waals surface area contributed by atoms with Crippen LogP contribution in [0, 0.1) is 25.7 Å². The summed E-state index contributed by atoms with van der Waals surface area (Å²) in [5.74, 6) is 1.51. The molecule has 6 aromatic heterocycles. The van der Waals surface area contributed by atoms with E-state index in [1.807, 2.05) is 22.7 Å². The van der Waals surface area contributed by atoms with E-state index in [-0.39, 0.29) is 23.3 Å². The summed E-state index contributed by atoms with van der Waals surface area (Å²) >= 11 is 2.17. The second kappa shape index (κ2) is 64.7. The number of hydrogen-bond donors (Lipinski definition) is 0. The van der Waals surface area contributed by atoms with Gasteiger partial charge in [0.1, 0.15) is 0 Å². The third kappa shape index (κ3) is 39.1. The fourth-order valence-electron chi connectivity index (χ4n) is 18.8. The number of fused-ring (bicyclic) bond motifs is 3. The van der Waals surface area contributed by atoms with Gasteiger partial charge in [-0.25, -0.2) is 0 Å². The third-order valence-electron chi connectivity index (χ3n) is 26.1. The van der Waals surface area contributed by atoms with E-state index in [2.05, 4.69) is 113 Å². The predicted octanol–water partition coefficient (Wildman–Crippen LogP) is 34.6. The molecule has 0 bridgehead atoms. The molecule has 658 valence electrons. The molecule has 0 aliphatic heterocycles. The van der Waals surface area contributed by atoms with Crippen molar-refractivity contribution in [3.63, 3.8) is 0 Å². The van der Waals surface area contributed by atoms with E-state index in [1.165, 1.54) is 430 Å². The van der Waals surface area contributed by atoms with Gasteiger partial charge in [-0.15, -0.1) is 0 Å². The van der Waals surface area contributed by atoms with Crippen molar-refractivity contribution in [1.29, 1.82) is 0 Å². The van der Waals surface area contributed by atoms with Crippen LogP contribution in [0.15, 0.2) is 58.1 Å².